The molecule has 1 aromatic rings. The van der Waals surface area contributed by atoms with E-state index in [0.717, 1.165) is 11.2 Å². The van der Waals surface area contributed by atoms with Crippen molar-refractivity contribution in [3.8, 4) is 0 Å². The third kappa shape index (κ3) is 1.32. The predicted octanol–water partition coefficient (Wildman–Crippen LogP) is 0.613. The smallest absolute Gasteiger partial charge is 0.223 e. The van der Waals surface area contributed by atoms with E-state index in [-0.39, 0.29) is 11.9 Å². The van der Waals surface area contributed by atoms with Gasteiger partial charge in [-0.05, 0) is 12.5 Å². The lowest BCUT2D eigenvalue weighted by atomic mass is 10.1. The van der Waals surface area contributed by atoms with Gasteiger partial charge in [0.05, 0.1) is 0 Å². The van der Waals surface area contributed by atoms with Gasteiger partial charge >= 0.3 is 0 Å². The summed E-state index contributed by atoms with van der Waals surface area (Å²) in [4.78, 5) is 12.9. The number of nitrogens with zero attached hydrogens (tertiary/aromatic N) is 2. The lowest BCUT2D eigenvalue weighted by Crippen LogP contribution is -2.36. The van der Waals surface area contributed by atoms with Gasteiger partial charge < -0.3 is 10.1 Å². The van der Waals surface area contributed by atoms with Crippen LogP contribution in [0.5, 0.6) is 0 Å². The van der Waals surface area contributed by atoms with Crippen LogP contribution in [0.1, 0.15) is 24.6 Å². The van der Waals surface area contributed by atoms with Crippen molar-refractivity contribution in [2.45, 2.75) is 18.9 Å². The molecular formula is C10H12N2O2. The maximum atomic E-state index is 11.4. The monoisotopic (exact) mass is 192 g/mol. The molecule has 0 spiro atoms. The van der Waals surface area contributed by atoms with E-state index in [4.69, 9.17) is 0 Å². The summed E-state index contributed by atoms with van der Waals surface area (Å²) in [6.07, 6.45) is 2.74. The molecule has 0 aliphatic carbocycles. The van der Waals surface area contributed by atoms with Crippen molar-refractivity contribution < 1.29 is 9.52 Å². The van der Waals surface area contributed by atoms with Crippen LogP contribution in [0.4, 0.5) is 0 Å². The summed E-state index contributed by atoms with van der Waals surface area (Å²) in [6, 6.07) is 5.22. The molecule has 1 saturated heterocycles. The van der Waals surface area contributed by atoms with Gasteiger partial charge in [0.1, 0.15) is 6.04 Å². The average molecular weight is 192 g/mol. The molecule has 14 heavy (non-hydrogen) atoms. The molecule has 1 atom stereocenters. The molecule has 0 aromatic carbocycles. The molecule has 4 heteroatoms. The Labute approximate surface area is 82.3 Å². The Morgan fingerprint density at radius 2 is 2.36 bits per heavy atom. The summed E-state index contributed by atoms with van der Waals surface area (Å²) in [6.45, 7) is 0. The van der Waals surface area contributed by atoms with Crippen LogP contribution >= 0.6 is 0 Å². The highest BCUT2D eigenvalue weighted by molar-refractivity contribution is 5.78. The summed E-state index contributed by atoms with van der Waals surface area (Å²) >= 11 is 0. The molecule has 4 nitrogen and oxygen atoms in total. The minimum absolute atomic E-state index is 0.0544. The Hall–Kier alpha value is -1.58. The van der Waals surface area contributed by atoms with Crippen LogP contribution in [0.15, 0.2) is 24.4 Å². The van der Waals surface area contributed by atoms with E-state index in [1.807, 2.05) is 6.07 Å². The van der Waals surface area contributed by atoms with Crippen LogP contribution in [0, 0.1) is 5.21 Å². The first-order chi connectivity index (χ1) is 6.70. The van der Waals surface area contributed by atoms with Gasteiger partial charge in [0.15, 0.2) is 6.20 Å². The maximum absolute atomic E-state index is 11.4. The minimum atomic E-state index is -0.0544. The third-order valence-corrected chi connectivity index (χ3v) is 2.69. The third-order valence-electron chi connectivity index (χ3n) is 2.69. The summed E-state index contributed by atoms with van der Waals surface area (Å²) in [5.41, 5.74) is 0.654. The standard InChI is InChI=1S/C10H12N2O2/c1-11-8(5-6-10(11)13)9-4-2-3-7-12(9)14/h2-4,7-8H,5-6H2,1H3/t8-/m0/s1. The van der Waals surface area contributed by atoms with E-state index in [1.54, 1.807) is 24.1 Å². The topological polar surface area (TPSA) is 47.2 Å². The fourth-order valence-electron chi connectivity index (χ4n) is 1.85. The van der Waals surface area contributed by atoms with Crippen LogP contribution in [-0.4, -0.2) is 17.9 Å². The zero-order valence-electron chi connectivity index (χ0n) is 8.01. The number of pyridine rings is 1. The van der Waals surface area contributed by atoms with Crippen molar-refractivity contribution in [2.24, 2.45) is 0 Å². The van der Waals surface area contributed by atoms with Crippen molar-refractivity contribution >= 4 is 5.91 Å². The summed E-state index contributed by atoms with van der Waals surface area (Å²) in [5.74, 6) is 0.110. The number of hydrogen-bond acceptors (Lipinski definition) is 2. The lowest BCUT2D eigenvalue weighted by Gasteiger charge is -2.18. The second kappa shape index (κ2) is 3.29. The Balaban J connectivity index is 2.32. The minimum Gasteiger partial charge on any atom is -0.618 e. The van der Waals surface area contributed by atoms with E-state index >= 15 is 0 Å². The highest BCUT2D eigenvalue weighted by atomic mass is 16.5. The molecule has 1 aliphatic rings. The number of carbonyl (C=O) groups is 1. The first kappa shape index (κ1) is 8.99. The highest BCUT2D eigenvalue weighted by Gasteiger charge is 2.33. The van der Waals surface area contributed by atoms with Gasteiger partial charge in [0, 0.05) is 25.6 Å². The normalized spacial score (nSPS) is 21.6. The van der Waals surface area contributed by atoms with Crippen LogP contribution in [0.2, 0.25) is 0 Å². The molecule has 0 unspecified atom stereocenters. The molecule has 2 rings (SSSR count). The van der Waals surface area contributed by atoms with Crippen molar-refractivity contribution in [2.75, 3.05) is 7.05 Å². The molecule has 1 aliphatic heterocycles. The number of hydrogen-bond donors (Lipinski definition) is 0. The van der Waals surface area contributed by atoms with Gasteiger partial charge in [0.25, 0.3) is 0 Å². The fourth-order valence-corrected chi connectivity index (χ4v) is 1.85. The maximum Gasteiger partial charge on any atom is 0.223 e. The number of rotatable bonds is 1. The van der Waals surface area contributed by atoms with Gasteiger partial charge in [-0.25, -0.2) is 0 Å². The zero-order chi connectivity index (χ0) is 10.1. The second-order valence-electron chi connectivity index (χ2n) is 3.51. The summed E-state index contributed by atoms with van der Waals surface area (Å²) in [5, 5.41) is 11.4. The van der Waals surface area contributed by atoms with Gasteiger partial charge in [-0.3, -0.25) is 4.79 Å². The molecule has 0 radical (unpaired) electrons. The molecule has 0 saturated carbocycles. The Morgan fingerprint density at radius 3 is 2.93 bits per heavy atom. The summed E-state index contributed by atoms with van der Waals surface area (Å²) in [7, 11) is 1.74. The van der Waals surface area contributed by atoms with Crippen molar-refractivity contribution in [1.29, 1.82) is 0 Å². The number of aromatic nitrogens is 1. The Bertz CT molecular complexity index is 365. The second-order valence-corrected chi connectivity index (χ2v) is 3.51. The van der Waals surface area contributed by atoms with Crippen molar-refractivity contribution in [1.82, 2.24) is 4.90 Å². The van der Waals surface area contributed by atoms with Gasteiger partial charge in [0.2, 0.25) is 11.6 Å². The fraction of sp³-hybridized carbons (Fsp3) is 0.400. The summed E-state index contributed by atoms with van der Waals surface area (Å²) < 4.78 is 0.833. The largest absolute Gasteiger partial charge is 0.618 e. The molecule has 1 fully saturated rings. The molecule has 0 N–H and O–H groups in total. The van der Waals surface area contributed by atoms with Crippen LogP contribution in [-0.2, 0) is 4.79 Å². The molecule has 2 heterocycles. The first-order valence-electron chi connectivity index (χ1n) is 4.64. The van der Waals surface area contributed by atoms with Gasteiger partial charge in [-0.2, -0.15) is 4.73 Å². The van der Waals surface area contributed by atoms with Gasteiger partial charge in [-0.1, -0.05) is 0 Å². The lowest BCUT2D eigenvalue weighted by molar-refractivity contribution is -0.616. The first-order valence-corrected chi connectivity index (χ1v) is 4.64. The van der Waals surface area contributed by atoms with Crippen LogP contribution < -0.4 is 4.73 Å². The number of carbonyl (C=O) groups excluding carboxylic acids is 1. The van der Waals surface area contributed by atoms with E-state index in [2.05, 4.69) is 0 Å². The molecule has 1 aromatic heterocycles. The van der Waals surface area contributed by atoms with E-state index in [1.165, 1.54) is 6.20 Å². The molecule has 0 bridgehead atoms. The number of likely N-dealkylation sites (tertiary alicyclic amines) is 1. The number of amides is 1. The average Bonchev–Trinajstić information content (AvgIpc) is 2.49. The molecule has 74 valence electrons. The van der Waals surface area contributed by atoms with Crippen molar-refractivity contribution in [3.05, 3.63) is 35.3 Å². The van der Waals surface area contributed by atoms with E-state index in [0.29, 0.717) is 12.1 Å². The molecular weight excluding hydrogens is 180 g/mol. The van der Waals surface area contributed by atoms with Crippen LogP contribution in [0.3, 0.4) is 0 Å². The Morgan fingerprint density at radius 1 is 1.57 bits per heavy atom. The van der Waals surface area contributed by atoms with Crippen molar-refractivity contribution in [3.63, 3.8) is 0 Å². The molecule has 1 amide bonds. The zero-order valence-corrected chi connectivity index (χ0v) is 8.01. The SMILES string of the molecule is CN1C(=O)CC[C@H]1c1cccc[n+]1[O-]. The van der Waals surface area contributed by atoms with Gasteiger partial charge in [-0.15, -0.1) is 0 Å². The van der Waals surface area contributed by atoms with E-state index < -0.39 is 0 Å². The predicted molar refractivity (Wildman–Crippen MR) is 50.1 cm³/mol. The highest BCUT2D eigenvalue weighted by Crippen LogP contribution is 2.28. The van der Waals surface area contributed by atoms with E-state index in [9.17, 15) is 10.0 Å². The Kier molecular flexibility index (Phi) is 2.11. The quantitative estimate of drug-likeness (QED) is 0.483. The van der Waals surface area contributed by atoms with Crippen LogP contribution in [0.25, 0.3) is 0 Å².